The van der Waals surface area contributed by atoms with Crippen LogP contribution in [0, 0.1) is 11.6 Å². The van der Waals surface area contributed by atoms with E-state index in [1.165, 1.54) is 18.6 Å². The van der Waals surface area contributed by atoms with Crippen molar-refractivity contribution >= 4 is 0 Å². The molecule has 2 nitrogen and oxygen atoms in total. The van der Waals surface area contributed by atoms with E-state index in [0.29, 0.717) is 18.7 Å². The van der Waals surface area contributed by atoms with Crippen LogP contribution in [0.25, 0.3) is 0 Å². The largest absolute Gasteiger partial charge is 0.389 e. The van der Waals surface area contributed by atoms with Crippen molar-refractivity contribution in [2.75, 3.05) is 6.54 Å². The molecular weight excluding hydrogens is 236 g/mol. The second kappa shape index (κ2) is 5.76. The van der Waals surface area contributed by atoms with Gasteiger partial charge in [0.15, 0.2) is 0 Å². The molecule has 0 aliphatic heterocycles. The lowest BCUT2D eigenvalue weighted by Crippen LogP contribution is -2.41. The second-order valence-corrected chi connectivity index (χ2v) is 5.17. The van der Waals surface area contributed by atoms with Gasteiger partial charge in [0.05, 0.1) is 5.60 Å². The zero-order valence-corrected chi connectivity index (χ0v) is 10.4. The fourth-order valence-corrected chi connectivity index (χ4v) is 2.54. The van der Waals surface area contributed by atoms with Crippen LogP contribution < -0.4 is 5.32 Å². The highest BCUT2D eigenvalue weighted by Gasteiger charge is 2.28. The molecule has 1 aromatic rings. The van der Waals surface area contributed by atoms with Crippen LogP contribution in [-0.2, 0) is 6.54 Å². The van der Waals surface area contributed by atoms with Crippen LogP contribution in [0.15, 0.2) is 18.2 Å². The van der Waals surface area contributed by atoms with Gasteiger partial charge in [0, 0.05) is 19.2 Å². The van der Waals surface area contributed by atoms with E-state index in [0.717, 1.165) is 31.7 Å². The highest BCUT2D eigenvalue weighted by Crippen LogP contribution is 2.27. The molecular formula is C14H19F2NO. The van der Waals surface area contributed by atoms with Gasteiger partial charge in [-0.2, -0.15) is 0 Å². The third-order valence-electron chi connectivity index (χ3n) is 3.49. The molecule has 18 heavy (non-hydrogen) atoms. The molecule has 0 saturated heterocycles. The van der Waals surface area contributed by atoms with Crippen LogP contribution in [0.3, 0.4) is 0 Å². The highest BCUT2D eigenvalue weighted by molar-refractivity contribution is 5.17. The Labute approximate surface area is 106 Å². The number of benzene rings is 1. The van der Waals surface area contributed by atoms with Crippen molar-refractivity contribution in [3.63, 3.8) is 0 Å². The van der Waals surface area contributed by atoms with Gasteiger partial charge in [-0.05, 0) is 30.5 Å². The van der Waals surface area contributed by atoms with Gasteiger partial charge in [0.2, 0.25) is 0 Å². The summed E-state index contributed by atoms with van der Waals surface area (Å²) in [6, 6.07) is 3.47. The molecule has 1 aliphatic carbocycles. The maximum atomic E-state index is 13.0. The average Bonchev–Trinajstić information content (AvgIpc) is 2.28. The third-order valence-corrected chi connectivity index (χ3v) is 3.49. The van der Waals surface area contributed by atoms with Crippen LogP contribution in [0.5, 0.6) is 0 Å². The number of halogens is 2. The first-order chi connectivity index (χ1) is 8.57. The molecule has 0 bridgehead atoms. The quantitative estimate of drug-likeness (QED) is 0.867. The van der Waals surface area contributed by atoms with Crippen LogP contribution in [0.1, 0.15) is 37.7 Å². The lowest BCUT2D eigenvalue weighted by atomic mass is 9.85. The minimum absolute atomic E-state index is 0.372. The topological polar surface area (TPSA) is 32.3 Å². The van der Waals surface area contributed by atoms with Crippen LogP contribution in [-0.4, -0.2) is 17.3 Å². The van der Waals surface area contributed by atoms with Crippen LogP contribution in [0.2, 0.25) is 0 Å². The molecule has 0 aromatic heterocycles. The standard InChI is InChI=1S/C14H19F2NO/c15-12-6-11(7-13(16)8-12)9-17-10-14(18)4-2-1-3-5-14/h6-8,17-18H,1-5,9-10H2. The Bertz CT molecular complexity index is 383. The van der Waals surface area contributed by atoms with E-state index in [-0.39, 0.29) is 0 Å². The fourth-order valence-electron chi connectivity index (χ4n) is 2.54. The normalized spacial score (nSPS) is 18.8. The molecule has 1 saturated carbocycles. The average molecular weight is 255 g/mol. The summed E-state index contributed by atoms with van der Waals surface area (Å²) in [5.74, 6) is -1.13. The van der Waals surface area contributed by atoms with Crippen molar-refractivity contribution in [3.05, 3.63) is 35.4 Å². The Morgan fingerprint density at radius 1 is 1.06 bits per heavy atom. The first-order valence-corrected chi connectivity index (χ1v) is 6.45. The number of aliphatic hydroxyl groups is 1. The summed E-state index contributed by atoms with van der Waals surface area (Å²) in [6.07, 6.45) is 4.88. The Hall–Kier alpha value is -1.00. The SMILES string of the molecule is OC1(CNCc2cc(F)cc(F)c2)CCCCC1. The van der Waals surface area contributed by atoms with Crippen molar-refractivity contribution in [3.8, 4) is 0 Å². The van der Waals surface area contributed by atoms with Crippen molar-refractivity contribution in [1.82, 2.24) is 5.32 Å². The second-order valence-electron chi connectivity index (χ2n) is 5.17. The van der Waals surface area contributed by atoms with Gasteiger partial charge in [-0.1, -0.05) is 19.3 Å². The van der Waals surface area contributed by atoms with E-state index in [4.69, 9.17) is 0 Å². The van der Waals surface area contributed by atoms with E-state index in [2.05, 4.69) is 5.32 Å². The van der Waals surface area contributed by atoms with Crippen LogP contribution >= 0.6 is 0 Å². The highest BCUT2D eigenvalue weighted by atomic mass is 19.1. The molecule has 0 spiro atoms. The van der Waals surface area contributed by atoms with Gasteiger partial charge < -0.3 is 10.4 Å². The zero-order chi connectivity index (χ0) is 13.0. The van der Waals surface area contributed by atoms with Crippen molar-refractivity contribution in [2.45, 2.75) is 44.2 Å². The molecule has 2 rings (SSSR count). The van der Waals surface area contributed by atoms with Crippen molar-refractivity contribution in [1.29, 1.82) is 0 Å². The van der Waals surface area contributed by atoms with Gasteiger partial charge in [-0.15, -0.1) is 0 Å². The van der Waals surface area contributed by atoms with Gasteiger partial charge in [-0.25, -0.2) is 8.78 Å². The third kappa shape index (κ3) is 3.75. The predicted octanol–water partition coefficient (Wildman–Crippen LogP) is 2.75. The van der Waals surface area contributed by atoms with Gasteiger partial charge in [-0.3, -0.25) is 0 Å². The minimum atomic E-state index is -0.649. The van der Waals surface area contributed by atoms with E-state index < -0.39 is 17.2 Å². The molecule has 2 N–H and O–H groups in total. The smallest absolute Gasteiger partial charge is 0.126 e. The molecule has 0 amide bonds. The number of hydrogen-bond acceptors (Lipinski definition) is 2. The maximum absolute atomic E-state index is 13.0. The Kier molecular flexibility index (Phi) is 4.30. The van der Waals surface area contributed by atoms with E-state index in [1.807, 2.05) is 0 Å². The molecule has 0 unspecified atom stereocenters. The van der Waals surface area contributed by atoms with E-state index in [1.54, 1.807) is 0 Å². The maximum Gasteiger partial charge on any atom is 0.126 e. The summed E-state index contributed by atoms with van der Waals surface area (Å²) in [4.78, 5) is 0. The summed E-state index contributed by atoms with van der Waals surface area (Å²) in [6.45, 7) is 0.849. The molecule has 0 radical (unpaired) electrons. The summed E-state index contributed by atoms with van der Waals surface area (Å²) in [5, 5.41) is 13.3. The molecule has 0 heterocycles. The minimum Gasteiger partial charge on any atom is -0.389 e. The number of nitrogens with one attached hydrogen (secondary N) is 1. The first kappa shape index (κ1) is 13.4. The number of hydrogen-bond donors (Lipinski definition) is 2. The zero-order valence-electron chi connectivity index (χ0n) is 10.4. The van der Waals surface area contributed by atoms with Gasteiger partial charge in [0.1, 0.15) is 11.6 Å². The number of rotatable bonds is 4. The lowest BCUT2D eigenvalue weighted by Gasteiger charge is -2.32. The predicted molar refractivity (Wildman–Crippen MR) is 66.1 cm³/mol. The molecule has 1 aromatic carbocycles. The monoisotopic (exact) mass is 255 g/mol. The molecule has 4 heteroatoms. The van der Waals surface area contributed by atoms with Crippen LogP contribution in [0.4, 0.5) is 8.78 Å². The molecule has 1 aliphatic rings. The molecule has 0 atom stereocenters. The van der Waals surface area contributed by atoms with Gasteiger partial charge >= 0.3 is 0 Å². The molecule has 1 fully saturated rings. The summed E-state index contributed by atoms with van der Waals surface area (Å²) < 4.78 is 25.9. The molecule has 100 valence electrons. The Morgan fingerprint density at radius 3 is 2.28 bits per heavy atom. The van der Waals surface area contributed by atoms with Crippen molar-refractivity contribution in [2.24, 2.45) is 0 Å². The lowest BCUT2D eigenvalue weighted by molar-refractivity contribution is 0.00467. The van der Waals surface area contributed by atoms with E-state index in [9.17, 15) is 13.9 Å². The summed E-state index contributed by atoms with van der Waals surface area (Å²) in [7, 11) is 0. The van der Waals surface area contributed by atoms with E-state index >= 15 is 0 Å². The van der Waals surface area contributed by atoms with Gasteiger partial charge in [0.25, 0.3) is 0 Å². The van der Waals surface area contributed by atoms with Crippen molar-refractivity contribution < 1.29 is 13.9 Å². The first-order valence-electron chi connectivity index (χ1n) is 6.45. The fraction of sp³-hybridized carbons (Fsp3) is 0.571. The Balaban J connectivity index is 1.84. The Morgan fingerprint density at radius 2 is 1.67 bits per heavy atom. The summed E-state index contributed by atoms with van der Waals surface area (Å²) in [5.41, 5.74) is -0.0867. The summed E-state index contributed by atoms with van der Waals surface area (Å²) >= 11 is 0.